The van der Waals surface area contributed by atoms with Crippen LogP contribution >= 0.6 is 0 Å². The van der Waals surface area contributed by atoms with Crippen LogP contribution in [-0.4, -0.2) is 75.0 Å². The van der Waals surface area contributed by atoms with E-state index in [-0.39, 0.29) is 39.6 Å². The Bertz CT molecular complexity index is 1730. The van der Waals surface area contributed by atoms with Gasteiger partial charge in [0.05, 0.1) is 52.9 Å². The normalized spacial score (nSPS) is 19.9. The van der Waals surface area contributed by atoms with Crippen molar-refractivity contribution in [2.45, 2.75) is 75.9 Å². The molecule has 0 aromatic heterocycles. The Morgan fingerprint density at radius 1 is 0.509 bits per heavy atom. The molecule has 0 spiro atoms. The van der Waals surface area contributed by atoms with Gasteiger partial charge in [-0.25, -0.2) is 0 Å². The first-order valence-corrected chi connectivity index (χ1v) is 18.8. The molecule has 5 aromatic rings. The van der Waals surface area contributed by atoms with Gasteiger partial charge in [-0.15, -0.1) is 0 Å². The molecule has 9 heteroatoms. The lowest BCUT2D eigenvalue weighted by molar-refractivity contribution is -0.219. The van der Waals surface area contributed by atoms with Crippen LogP contribution in [0, 0.1) is 0 Å². The molecular weight excluding hydrogens is 696 g/mol. The predicted molar refractivity (Wildman–Crippen MR) is 209 cm³/mol. The Morgan fingerprint density at radius 2 is 0.945 bits per heavy atom. The molecule has 5 aromatic carbocycles. The van der Waals surface area contributed by atoms with Gasteiger partial charge < -0.3 is 43.0 Å². The maximum atomic E-state index is 10.8. The van der Waals surface area contributed by atoms with E-state index in [0.29, 0.717) is 13.2 Å². The average Bonchev–Trinajstić information content (AvgIpc) is 3.59. The van der Waals surface area contributed by atoms with E-state index in [0.717, 1.165) is 27.8 Å². The van der Waals surface area contributed by atoms with Gasteiger partial charge in [-0.2, -0.15) is 0 Å². The molecule has 7 atom stereocenters. The Hall–Kier alpha value is -4.26. The molecule has 1 saturated heterocycles. The monoisotopic (exact) mass is 748 g/mol. The molecule has 6 rings (SSSR count). The fourth-order valence-electron chi connectivity index (χ4n) is 6.50. The van der Waals surface area contributed by atoms with E-state index < -0.39 is 42.9 Å². The van der Waals surface area contributed by atoms with Gasteiger partial charge in [0.1, 0.15) is 36.6 Å². The molecule has 1 aliphatic heterocycles. The zero-order valence-electron chi connectivity index (χ0n) is 31.3. The molecule has 9 nitrogen and oxygen atoms in total. The minimum atomic E-state index is -0.813. The van der Waals surface area contributed by atoms with E-state index in [4.69, 9.17) is 37.9 Å². The van der Waals surface area contributed by atoms with Gasteiger partial charge in [-0.3, -0.25) is 0 Å². The molecule has 0 amide bonds. The number of aliphatic hydroxyl groups excluding tert-OH is 1. The van der Waals surface area contributed by atoms with Crippen molar-refractivity contribution in [1.29, 1.82) is 0 Å². The van der Waals surface area contributed by atoms with Crippen LogP contribution < -0.4 is 0 Å². The largest absolute Gasteiger partial charge is 0.394 e. The number of rotatable bonds is 23. The summed E-state index contributed by atoms with van der Waals surface area (Å²) in [5.74, 6) is 0. The maximum Gasteiger partial charge on any atom is 0.187 e. The van der Waals surface area contributed by atoms with Crippen molar-refractivity contribution in [1.82, 2.24) is 0 Å². The summed E-state index contributed by atoms with van der Waals surface area (Å²) in [4.78, 5) is 0. The zero-order chi connectivity index (χ0) is 37.9. The van der Waals surface area contributed by atoms with Crippen LogP contribution in [0.1, 0.15) is 27.8 Å². The zero-order valence-corrected chi connectivity index (χ0v) is 31.3. The standard InChI is InChI=1S/C46H52O9/c1-48-45-44(53-32-39-25-15-6-16-26-39)42(33-49-28-35-17-7-2-8-18-35)55-46(45)54-34-41(51-30-37-21-11-4-12-22-37)43(52-31-38-23-13-5-14-24-38)40(27-47)50-29-36-19-9-3-10-20-36/h2-26,40-47H,27-34H2,1H3/t40?,41?,42-,43?,44?,45?,46-/m1/s1. The highest BCUT2D eigenvalue weighted by Gasteiger charge is 2.47. The molecule has 1 fully saturated rings. The summed E-state index contributed by atoms with van der Waals surface area (Å²) < 4.78 is 51.4. The number of hydrogen-bond acceptors (Lipinski definition) is 9. The third-order valence-electron chi connectivity index (χ3n) is 9.46. The number of aliphatic hydroxyl groups is 1. The molecule has 55 heavy (non-hydrogen) atoms. The number of methoxy groups -OCH3 is 1. The van der Waals surface area contributed by atoms with E-state index in [1.165, 1.54) is 0 Å². The molecule has 1 aliphatic rings. The molecule has 1 heterocycles. The number of ether oxygens (including phenoxy) is 8. The van der Waals surface area contributed by atoms with Gasteiger partial charge in [0.15, 0.2) is 6.29 Å². The summed E-state index contributed by atoms with van der Waals surface area (Å²) in [5, 5.41) is 10.8. The summed E-state index contributed by atoms with van der Waals surface area (Å²) in [5.41, 5.74) is 5.03. The second-order valence-electron chi connectivity index (χ2n) is 13.5. The molecule has 0 radical (unpaired) electrons. The van der Waals surface area contributed by atoms with Gasteiger partial charge >= 0.3 is 0 Å². The lowest BCUT2D eigenvalue weighted by Crippen LogP contribution is -2.48. The second-order valence-corrected chi connectivity index (χ2v) is 13.5. The van der Waals surface area contributed by atoms with Crippen LogP contribution in [0.2, 0.25) is 0 Å². The fourth-order valence-corrected chi connectivity index (χ4v) is 6.50. The van der Waals surface area contributed by atoms with Gasteiger partial charge in [0.25, 0.3) is 0 Å². The van der Waals surface area contributed by atoms with E-state index in [2.05, 4.69) is 0 Å². The van der Waals surface area contributed by atoms with Crippen molar-refractivity contribution in [3.05, 3.63) is 179 Å². The van der Waals surface area contributed by atoms with Gasteiger partial charge in [0.2, 0.25) is 0 Å². The first-order valence-electron chi connectivity index (χ1n) is 18.8. The molecule has 1 N–H and O–H groups in total. The van der Waals surface area contributed by atoms with Gasteiger partial charge in [0, 0.05) is 7.11 Å². The van der Waals surface area contributed by atoms with Crippen molar-refractivity contribution in [2.75, 3.05) is 26.9 Å². The Labute approximate surface area is 324 Å². The smallest absolute Gasteiger partial charge is 0.187 e. The van der Waals surface area contributed by atoms with Crippen molar-refractivity contribution >= 4 is 0 Å². The van der Waals surface area contributed by atoms with Crippen LogP contribution in [0.3, 0.4) is 0 Å². The summed E-state index contributed by atoms with van der Waals surface area (Å²) in [6.45, 7) is 1.66. The van der Waals surface area contributed by atoms with Crippen molar-refractivity contribution in [2.24, 2.45) is 0 Å². The first kappa shape index (κ1) is 40.4. The van der Waals surface area contributed by atoms with Crippen molar-refractivity contribution in [3.63, 3.8) is 0 Å². The van der Waals surface area contributed by atoms with Gasteiger partial charge in [-0.1, -0.05) is 152 Å². The van der Waals surface area contributed by atoms with E-state index >= 15 is 0 Å². The summed E-state index contributed by atoms with van der Waals surface area (Å²) in [6.07, 6.45) is -4.50. The van der Waals surface area contributed by atoms with Crippen molar-refractivity contribution in [3.8, 4) is 0 Å². The third kappa shape index (κ3) is 12.6. The van der Waals surface area contributed by atoms with Crippen LogP contribution in [0.15, 0.2) is 152 Å². The van der Waals surface area contributed by atoms with Crippen LogP contribution in [0.4, 0.5) is 0 Å². The molecular formula is C46H52O9. The second kappa shape index (κ2) is 22.3. The molecule has 0 saturated carbocycles. The number of benzene rings is 5. The maximum absolute atomic E-state index is 10.8. The van der Waals surface area contributed by atoms with E-state index in [9.17, 15) is 5.11 Å². The Kier molecular flexibility index (Phi) is 16.4. The number of hydrogen-bond donors (Lipinski definition) is 1. The Morgan fingerprint density at radius 3 is 1.42 bits per heavy atom. The summed E-state index contributed by atoms with van der Waals surface area (Å²) >= 11 is 0. The SMILES string of the molecule is COC1C(OCc2ccccc2)[C@@H](COCc2ccccc2)O[C@H]1OCC(OCc1ccccc1)C(OCc1ccccc1)C(CO)OCc1ccccc1. The highest BCUT2D eigenvalue weighted by Crippen LogP contribution is 2.30. The topological polar surface area (TPSA) is 94.1 Å². The minimum absolute atomic E-state index is 0.0466. The predicted octanol–water partition coefficient (Wildman–Crippen LogP) is 7.29. The van der Waals surface area contributed by atoms with Crippen LogP contribution in [0.5, 0.6) is 0 Å². The molecule has 0 aliphatic carbocycles. The average molecular weight is 749 g/mol. The lowest BCUT2D eigenvalue weighted by atomic mass is 10.1. The van der Waals surface area contributed by atoms with E-state index in [1.54, 1.807) is 7.11 Å². The summed E-state index contributed by atoms with van der Waals surface area (Å²) in [7, 11) is 1.63. The van der Waals surface area contributed by atoms with Crippen LogP contribution in [-0.2, 0) is 70.9 Å². The fraction of sp³-hybridized carbons (Fsp3) is 0.348. The molecule has 5 unspecified atom stereocenters. The van der Waals surface area contributed by atoms with Crippen LogP contribution in [0.25, 0.3) is 0 Å². The third-order valence-corrected chi connectivity index (χ3v) is 9.46. The Balaban J connectivity index is 1.21. The van der Waals surface area contributed by atoms with E-state index in [1.807, 2.05) is 152 Å². The highest BCUT2D eigenvalue weighted by atomic mass is 16.7. The minimum Gasteiger partial charge on any atom is -0.394 e. The molecule has 290 valence electrons. The first-order chi connectivity index (χ1) is 27.2. The van der Waals surface area contributed by atoms with Gasteiger partial charge in [-0.05, 0) is 27.8 Å². The van der Waals surface area contributed by atoms with Crippen molar-refractivity contribution < 1.29 is 43.0 Å². The summed E-state index contributed by atoms with van der Waals surface area (Å²) in [6, 6.07) is 49.7. The highest BCUT2D eigenvalue weighted by molar-refractivity contribution is 5.17. The quantitative estimate of drug-likeness (QED) is 0.0740. The molecule has 0 bridgehead atoms. The lowest BCUT2D eigenvalue weighted by Gasteiger charge is -2.34.